The lowest BCUT2D eigenvalue weighted by Crippen LogP contribution is -2.53. The van der Waals surface area contributed by atoms with Gasteiger partial charge in [0.05, 0.1) is 30.3 Å². The van der Waals surface area contributed by atoms with Crippen molar-refractivity contribution in [2.24, 2.45) is 11.8 Å². The van der Waals surface area contributed by atoms with Gasteiger partial charge >= 0.3 is 0 Å². The van der Waals surface area contributed by atoms with Gasteiger partial charge in [-0.15, -0.1) is 0 Å². The van der Waals surface area contributed by atoms with Crippen LogP contribution in [0.15, 0.2) is 0 Å². The number of rotatable bonds is 5. The second-order valence-corrected chi connectivity index (χ2v) is 7.75. The molecule has 0 amide bonds. The predicted octanol–water partition coefficient (Wildman–Crippen LogP) is 2.32. The van der Waals surface area contributed by atoms with Crippen molar-refractivity contribution in [1.29, 1.82) is 0 Å². The maximum atomic E-state index is 5.76. The first-order valence-electron chi connectivity index (χ1n) is 9.51. The SMILES string of the molecule is COC1CC(OC)C2CCC(C3CCC(OC)C(OC)C3)[OH+]C2C1. The smallest absolute Gasteiger partial charge is 0.162 e. The van der Waals surface area contributed by atoms with Crippen LogP contribution in [0.5, 0.6) is 0 Å². The van der Waals surface area contributed by atoms with E-state index in [1.54, 1.807) is 14.2 Å². The van der Waals surface area contributed by atoms with Crippen molar-refractivity contribution in [3.05, 3.63) is 0 Å². The van der Waals surface area contributed by atoms with Gasteiger partial charge in [0.2, 0.25) is 0 Å². The van der Waals surface area contributed by atoms with Gasteiger partial charge in [0.25, 0.3) is 0 Å². The molecule has 1 saturated heterocycles. The van der Waals surface area contributed by atoms with Gasteiger partial charge in [0, 0.05) is 53.6 Å². The van der Waals surface area contributed by atoms with Crippen LogP contribution in [-0.2, 0) is 18.9 Å². The minimum atomic E-state index is 0.214. The predicted molar refractivity (Wildman–Crippen MR) is 92.3 cm³/mol. The van der Waals surface area contributed by atoms with E-state index >= 15 is 0 Å². The Balaban J connectivity index is 1.61. The molecule has 24 heavy (non-hydrogen) atoms. The van der Waals surface area contributed by atoms with E-state index in [1.807, 2.05) is 14.2 Å². The minimum absolute atomic E-state index is 0.214. The molecule has 1 aliphatic heterocycles. The Morgan fingerprint density at radius 2 is 1.38 bits per heavy atom. The second kappa shape index (κ2) is 8.45. The van der Waals surface area contributed by atoms with Crippen LogP contribution in [0.25, 0.3) is 0 Å². The van der Waals surface area contributed by atoms with Gasteiger partial charge in [0.15, 0.2) is 12.2 Å². The molecule has 2 aliphatic carbocycles. The Morgan fingerprint density at radius 1 is 0.625 bits per heavy atom. The molecular formula is C19H35O5+. The van der Waals surface area contributed by atoms with Crippen molar-refractivity contribution >= 4 is 0 Å². The van der Waals surface area contributed by atoms with Crippen LogP contribution < -0.4 is 0 Å². The molecule has 5 nitrogen and oxygen atoms in total. The number of fused-ring (bicyclic) bond motifs is 1. The summed E-state index contributed by atoms with van der Waals surface area (Å²) in [5.74, 6) is 1.21. The minimum Gasteiger partial charge on any atom is -0.429 e. The van der Waals surface area contributed by atoms with Crippen LogP contribution in [0.2, 0.25) is 0 Å². The van der Waals surface area contributed by atoms with Crippen LogP contribution in [0.1, 0.15) is 44.9 Å². The molecular weight excluding hydrogens is 308 g/mol. The van der Waals surface area contributed by atoms with Gasteiger partial charge in [0.1, 0.15) is 0 Å². The number of hydrogen-bond acceptors (Lipinski definition) is 4. The van der Waals surface area contributed by atoms with Crippen molar-refractivity contribution in [3.8, 4) is 0 Å². The lowest BCUT2D eigenvalue weighted by molar-refractivity contribution is -0.271. The Labute approximate surface area is 146 Å². The lowest BCUT2D eigenvalue weighted by atomic mass is 9.73. The van der Waals surface area contributed by atoms with Gasteiger partial charge < -0.3 is 23.7 Å². The first-order valence-corrected chi connectivity index (χ1v) is 9.51. The van der Waals surface area contributed by atoms with Crippen LogP contribution in [-0.4, -0.2) is 69.8 Å². The molecule has 3 aliphatic rings. The van der Waals surface area contributed by atoms with Crippen molar-refractivity contribution < 1.29 is 23.7 Å². The third-order valence-corrected chi connectivity index (χ3v) is 6.71. The second-order valence-electron chi connectivity index (χ2n) is 7.75. The van der Waals surface area contributed by atoms with Crippen molar-refractivity contribution in [2.75, 3.05) is 28.4 Å². The third-order valence-electron chi connectivity index (χ3n) is 6.71. The largest absolute Gasteiger partial charge is 0.429 e. The molecule has 0 bridgehead atoms. The summed E-state index contributed by atoms with van der Waals surface area (Å²) in [6.07, 6.45) is 9.76. The summed E-state index contributed by atoms with van der Waals surface area (Å²) in [5, 5.41) is 0. The highest BCUT2D eigenvalue weighted by molar-refractivity contribution is 4.94. The van der Waals surface area contributed by atoms with Crippen LogP contribution >= 0.6 is 0 Å². The summed E-state index contributed by atoms with van der Waals surface area (Å²) in [4.78, 5) is 0. The third kappa shape index (κ3) is 3.80. The maximum absolute atomic E-state index is 5.76. The molecule has 5 heteroatoms. The van der Waals surface area contributed by atoms with Gasteiger partial charge in [-0.25, -0.2) is 0 Å². The molecule has 140 valence electrons. The van der Waals surface area contributed by atoms with Crippen molar-refractivity contribution in [2.45, 2.75) is 81.6 Å². The van der Waals surface area contributed by atoms with Crippen LogP contribution in [0.3, 0.4) is 0 Å². The Kier molecular flexibility index (Phi) is 6.55. The van der Waals surface area contributed by atoms with E-state index < -0.39 is 0 Å². The summed E-state index contributed by atoms with van der Waals surface area (Å²) in [5.41, 5.74) is 0. The summed E-state index contributed by atoms with van der Waals surface area (Å²) < 4.78 is 28.0. The number of methoxy groups -OCH3 is 4. The fourth-order valence-electron chi connectivity index (χ4n) is 5.28. The molecule has 0 radical (unpaired) electrons. The highest BCUT2D eigenvalue weighted by Gasteiger charge is 2.48. The van der Waals surface area contributed by atoms with E-state index in [9.17, 15) is 0 Å². The molecule has 3 rings (SSSR count). The van der Waals surface area contributed by atoms with Crippen molar-refractivity contribution in [1.82, 2.24) is 0 Å². The summed E-state index contributed by atoms with van der Waals surface area (Å²) in [7, 11) is 7.25. The number of aliphatic hydroxyl groups is 2. The average molecular weight is 343 g/mol. The topological polar surface area (TPSA) is 49.7 Å². The Morgan fingerprint density at radius 3 is 2.04 bits per heavy atom. The molecule has 0 aromatic rings. The van der Waals surface area contributed by atoms with Crippen LogP contribution in [0, 0.1) is 11.8 Å². The molecule has 3 fully saturated rings. The molecule has 8 unspecified atom stereocenters. The summed E-state index contributed by atoms with van der Waals surface area (Å²) in [6.45, 7) is 0. The van der Waals surface area contributed by atoms with Gasteiger partial charge in [-0.05, 0) is 25.7 Å². The summed E-state index contributed by atoms with van der Waals surface area (Å²) in [6, 6.07) is 0. The first-order chi connectivity index (χ1) is 11.7. The number of hydrogen-bond donors (Lipinski definition) is 0. The molecule has 2 saturated carbocycles. The van der Waals surface area contributed by atoms with Gasteiger partial charge in [-0.3, -0.25) is 0 Å². The van der Waals surface area contributed by atoms with E-state index in [0.29, 0.717) is 30.1 Å². The number of ether oxygens (including phenoxy) is 5. The summed E-state index contributed by atoms with van der Waals surface area (Å²) >= 11 is 0. The average Bonchev–Trinajstić information content (AvgIpc) is 2.65. The van der Waals surface area contributed by atoms with E-state index in [1.165, 1.54) is 19.3 Å². The fourth-order valence-corrected chi connectivity index (χ4v) is 5.28. The van der Waals surface area contributed by atoms with Crippen molar-refractivity contribution in [3.63, 3.8) is 0 Å². The Hall–Kier alpha value is -0.200. The van der Waals surface area contributed by atoms with E-state index in [2.05, 4.69) is 0 Å². The highest BCUT2D eigenvalue weighted by Crippen LogP contribution is 2.41. The maximum Gasteiger partial charge on any atom is 0.162 e. The molecule has 0 aromatic carbocycles. The molecule has 0 aromatic heterocycles. The lowest BCUT2D eigenvalue weighted by Gasteiger charge is -2.45. The fraction of sp³-hybridized carbons (Fsp3) is 1.00. The monoisotopic (exact) mass is 343 g/mol. The molecule has 1 heterocycles. The standard InChI is InChI=1S/C19H34O5/c1-20-13-10-17(22-3)14-6-8-15(24-18(14)11-13)12-5-7-16(21-2)19(9-12)23-4/h12-19H,5-11H2,1-4H3/p+1. The highest BCUT2D eigenvalue weighted by atomic mass is 16.5. The zero-order chi connectivity index (χ0) is 17.1. The molecule has 0 spiro atoms. The quantitative estimate of drug-likeness (QED) is 0.719. The first kappa shape index (κ1) is 18.6. The van der Waals surface area contributed by atoms with Gasteiger partial charge in [-0.2, -0.15) is 0 Å². The normalized spacial score (nSPS) is 46.5. The zero-order valence-corrected chi connectivity index (χ0v) is 15.6. The molecule has 8 atom stereocenters. The van der Waals surface area contributed by atoms with Gasteiger partial charge in [-0.1, -0.05) is 0 Å². The van der Waals surface area contributed by atoms with Crippen LogP contribution in [0.4, 0.5) is 0 Å². The van der Waals surface area contributed by atoms with E-state index in [4.69, 9.17) is 23.7 Å². The van der Waals surface area contributed by atoms with E-state index in [-0.39, 0.29) is 18.3 Å². The Bertz CT molecular complexity index is 390. The van der Waals surface area contributed by atoms with E-state index in [0.717, 1.165) is 25.7 Å². The molecule has 1 N–H and O–H groups in total. The zero-order valence-electron chi connectivity index (χ0n) is 15.6.